The van der Waals surface area contributed by atoms with Crippen molar-refractivity contribution in [3.05, 3.63) is 59.7 Å². The zero-order chi connectivity index (χ0) is 31.2. The third kappa shape index (κ3) is 3.78. The number of para-hydroxylation sites is 2. The predicted octanol–water partition coefficient (Wildman–Crippen LogP) is -1.40. The largest absolute Gasteiger partial charge is 0.492 e. The average Bonchev–Trinajstić information content (AvgIpc) is 3.66. The van der Waals surface area contributed by atoms with E-state index in [-0.39, 0.29) is 42.5 Å². The highest BCUT2D eigenvalue weighted by atomic mass is 16.5. The van der Waals surface area contributed by atoms with E-state index in [1.165, 1.54) is 9.80 Å². The molecule has 0 aromatic heterocycles. The number of imide groups is 1. The number of aliphatic hydroxyl groups is 2. The zero-order valence-electron chi connectivity index (χ0n) is 24.1. The summed E-state index contributed by atoms with van der Waals surface area (Å²) in [5, 5.41) is 29.2. The predicted molar refractivity (Wildman–Crippen MR) is 158 cm³/mol. The van der Waals surface area contributed by atoms with Gasteiger partial charge < -0.3 is 42.0 Å². The molecule has 0 radical (unpaired) electrons. The highest BCUT2D eigenvalue weighted by molar-refractivity contribution is 6.12. The molecule has 2 saturated heterocycles. The summed E-state index contributed by atoms with van der Waals surface area (Å²) >= 11 is 0. The lowest BCUT2D eigenvalue weighted by molar-refractivity contribution is -0.230. The van der Waals surface area contributed by atoms with Gasteiger partial charge in [-0.05, 0) is 18.2 Å². The van der Waals surface area contributed by atoms with Crippen LogP contribution >= 0.6 is 0 Å². The number of nitrogens with zero attached hydrogens (tertiary/aromatic N) is 5. The Morgan fingerprint density at radius 2 is 1.86 bits per heavy atom. The number of carbonyl (C=O) groups is 3. The number of fused-ring (bicyclic) bond motifs is 1. The Labute approximate surface area is 252 Å². The van der Waals surface area contributed by atoms with Crippen LogP contribution in [0.25, 0.3) is 0 Å². The molecule has 7 rings (SSSR count). The summed E-state index contributed by atoms with van der Waals surface area (Å²) in [6.07, 6.45) is 0. The van der Waals surface area contributed by atoms with Crippen LogP contribution in [0.3, 0.4) is 0 Å². The first-order chi connectivity index (χ1) is 20.8. The van der Waals surface area contributed by atoms with E-state index in [4.69, 9.17) is 16.2 Å². The topological polar surface area (TPSA) is 211 Å². The first-order valence-corrected chi connectivity index (χ1v) is 14.3. The van der Waals surface area contributed by atoms with E-state index in [0.717, 1.165) is 10.5 Å². The maximum atomic E-state index is 13.6. The van der Waals surface area contributed by atoms with Crippen molar-refractivity contribution >= 4 is 35.5 Å². The van der Waals surface area contributed by atoms with Crippen LogP contribution in [0.1, 0.15) is 29.8 Å². The second kappa shape index (κ2) is 9.30. The summed E-state index contributed by atoms with van der Waals surface area (Å²) in [4.78, 5) is 52.6. The second-order valence-corrected chi connectivity index (χ2v) is 12.3. The number of nitrogens with two attached hydrogens (primary N) is 2. The summed E-state index contributed by atoms with van der Waals surface area (Å²) in [5.41, 5.74) is 12.0. The molecule has 5 aliphatic rings. The minimum atomic E-state index is -2.69. The highest BCUT2D eigenvalue weighted by Gasteiger charge is 2.73. The summed E-state index contributed by atoms with van der Waals surface area (Å²) < 4.78 is 5.86. The van der Waals surface area contributed by atoms with Gasteiger partial charge in [0.25, 0.3) is 11.8 Å². The minimum Gasteiger partial charge on any atom is -0.492 e. The molecule has 2 aromatic carbocycles. The van der Waals surface area contributed by atoms with Crippen molar-refractivity contribution in [3.63, 3.8) is 0 Å². The van der Waals surface area contributed by atoms with E-state index in [1.54, 1.807) is 42.5 Å². The van der Waals surface area contributed by atoms with E-state index in [9.17, 15) is 24.6 Å². The number of amides is 4. The Bertz CT molecular complexity index is 1640. The number of carbonyl (C=O) groups excluding carboxylic acids is 3. The fraction of sp³-hybridized carbons (Fsp3) is 0.414. The van der Waals surface area contributed by atoms with Crippen molar-refractivity contribution < 1.29 is 29.3 Å². The Hall–Kier alpha value is -4.89. The van der Waals surface area contributed by atoms with Gasteiger partial charge in [0.2, 0.25) is 5.79 Å². The van der Waals surface area contributed by atoms with Crippen LogP contribution in [0, 0.1) is 0 Å². The van der Waals surface area contributed by atoms with E-state index in [2.05, 4.69) is 20.6 Å². The third-order valence-electron chi connectivity index (χ3n) is 9.17. The Kier molecular flexibility index (Phi) is 5.90. The van der Waals surface area contributed by atoms with Crippen LogP contribution in [-0.4, -0.2) is 106 Å². The Morgan fingerprint density at radius 1 is 1.11 bits per heavy atom. The van der Waals surface area contributed by atoms with Crippen LogP contribution in [0.5, 0.6) is 5.75 Å². The molecule has 5 heterocycles. The van der Waals surface area contributed by atoms with Crippen molar-refractivity contribution in [2.24, 2.45) is 21.5 Å². The maximum absolute atomic E-state index is 13.6. The lowest BCUT2D eigenvalue weighted by atomic mass is 9.84. The number of aliphatic imine (C=N–C) groups is 2. The van der Waals surface area contributed by atoms with Crippen LogP contribution in [-0.2, 0) is 10.2 Å². The van der Waals surface area contributed by atoms with Gasteiger partial charge in [0.05, 0.1) is 24.8 Å². The standard InChI is InChI=1S/C29H33N9O6/c1-27(2)14-44-21-16(9-6-10-17(21)27)23(40)33-19-12-38-25(31)32-18(22-28(38,29(19,42)43)35-24(30)34-22)11-37-20(39)13-36(26(37)41)15-7-4-3-5-8-15/h3-10,18-19,22,42-43H,11-14H2,1-2H3,(H2,31,32)(H,33,40)(H3,30,34,35)/t18-,19?,22-,28?/m0/s1. The molecular weight excluding hydrogens is 570 g/mol. The Morgan fingerprint density at radius 3 is 2.61 bits per heavy atom. The molecule has 2 aromatic rings. The number of hydrogen-bond donors (Lipinski definition) is 6. The van der Waals surface area contributed by atoms with Crippen LogP contribution < -0.4 is 31.7 Å². The molecular formula is C29H33N9O6. The summed E-state index contributed by atoms with van der Waals surface area (Å²) in [5.74, 6) is -3.49. The molecule has 0 bridgehead atoms. The molecule has 4 atom stereocenters. The van der Waals surface area contributed by atoms with Gasteiger partial charge in [-0.1, -0.05) is 44.2 Å². The van der Waals surface area contributed by atoms with Gasteiger partial charge in [-0.3, -0.25) is 19.4 Å². The van der Waals surface area contributed by atoms with Gasteiger partial charge in [-0.15, -0.1) is 0 Å². The fourth-order valence-electron chi connectivity index (χ4n) is 6.92. The van der Waals surface area contributed by atoms with Crippen molar-refractivity contribution in [1.82, 2.24) is 20.4 Å². The number of hydrogen-bond acceptors (Lipinski definition) is 12. The molecule has 1 spiro atoms. The average molecular weight is 604 g/mol. The first kappa shape index (κ1) is 27.9. The van der Waals surface area contributed by atoms with Crippen LogP contribution in [0.4, 0.5) is 10.5 Å². The van der Waals surface area contributed by atoms with Crippen LogP contribution in [0.2, 0.25) is 0 Å². The van der Waals surface area contributed by atoms with E-state index in [0.29, 0.717) is 18.0 Å². The van der Waals surface area contributed by atoms with Crippen molar-refractivity contribution in [1.29, 1.82) is 0 Å². The molecule has 8 N–H and O–H groups in total. The Balaban J connectivity index is 1.17. The zero-order valence-corrected chi connectivity index (χ0v) is 24.1. The normalized spacial score (nSPS) is 29.4. The summed E-state index contributed by atoms with van der Waals surface area (Å²) in [6.45, 7) is 3.87. The number of guanidine groups is 2. The molecule has 0 aliphatic carbocycles. The number of nitrogens with one attached hydrogen (secondary N) is 2. The lowest BCUT2D eigenvalue weighted by Gasteiger charge is -2.49. The minimum absolute atomic E-state index is 0.0995. The second-order valence-electron chi connectivity index (χ2n) is 12.3. The monoisotopic (exact) mass is 603 g/mol. The smallest absolute Gasteiger partial charge is 0.331 e. The van der Waals surface area contributed by atoms with Gasteiger partial charge >= 0.3 is 6.03 Å². The van der Waals surface area contributed by atoms with Crippen molar-refractivity contribution in [2.75, 3.05) is 31.1 Å². The van der Waals surface area contributed by atoms with E-state index in [1.807, 2.05) is 19.9 Å². The maximum Gasteiger partial charge on any atom is 0.331 e. The van der Waals surface area contributed by atoms with E-state index < -0.39 is 47.4 Å². The molecule has 4 amide bonds. The van der Waals surface area contributed by atoms with Gasteiger partial charge in [-0.25, -0.2) is 14.8 Å². The van der Waals surface area contributed by atoms with Crippen molar-refractivity contribution in [3.8, 4) is 5.75 Å². The molecule has 5 aliphatic heterocycles. The molecule has 230 valence electrons. The molecule has 44 heavy (non-hydrogen) atoms. The molecule has 2 unspecified atom stereocenters. The lowest BCUT2D eigenvalue weighted by Crippen LogP contribution is -2.78. The number of urea groups is 1. The summed E-state index contributed by atoms with van der Waals surface area (Å²) in [7, 11) is 0. The van der Waals surface area contributed by atoms with Gasteiger partial charge in [0.15, 0.2) is 17.6 Å². The molecule has 15 nitrogen and oxygen atoms in total. The van der Waals surface area contributed by atoms with E-state index >= 15 is 0 Å². The van der Waals surface area contributed by atoms with Gasteiger partial charge in [0.1, 0.15) is 24.4 Å². The fourth-order valence-corrected chi connectivity index (χ4v) is 6.92. The summed E-state index contributed by atoms with van der Waals surface area (Å²) in [6, 6.07) is 10.1. The van der Waals surface area contributed by atoms with Crippen molar-refractivity contribution in [2.45, 2.75) is 48.8 Å². The number of benzene rings is 2. The van der Waals surface area contributed by atoms with Gasteiger partial charge in [0, 0.05) is 23.2 Å². The SMILES string of the molecule is CC1(C)COc2c(C(=O)NC3CN4C(N)=N[C@@H](CN5C(=O)CN(c6ccccc6)C5=O)[C@@H]5N=C(N)NC54C3(O)O)cccc21. The van der Waals surface area contributed by atoms with Crippen LogP contribution in [0.15, 0.2) is 58.5 Å². The number of rotatable bonds is 5. The van der Waals surface area contributed by atoms with Gasteiger partial charge in [-0.2, -0.15) is 0 Å². The quantitative estimate of drug-likeness (QED) is 0.174. The number of ether oxygens (including phenoxy) is 1. The highest BCUT2D eigenvalue weighted by Crippen LogP contribution is 2.46. The third-order valence-corrected chi connectivity index (χ3v) is 9.17. The molecule has 15 heteroatoms. The molecule has 0 saturated carbocycles. The first-order valence-electron chi connectivity index (χ1n) is 14.3. The molecule has 2 fully saturated rings. The number of anilines is 1.